The van der Waals surface area contributed by atoms with Crippen LogP contribution in [0.15, 0.2) is 54.9 Å². The SMILES string of the molecule is Cc1sc(-c2cccnc2)cc1NCc1ccc(F)cc1. The Hall–Kier alpha value is -2.20. The molecule has 1 N–H and O–H groups in total. The van der Waals surface area contributed by atoms with Crippen molar-refractivity contribution in [1.82, 2.24) is 4.98 Å². The Labute approximate surface area is 127 Å². The molecule has 0 atom stereocenters. The van der Waals surface area contributed by atoms with Crippen molar-refractivity contribution < 1.29 is 4.39 Å². The molecule has 2 nitrogen and oxygen atoms in total. The minimum absolute atomic E-state index is 0.204. The number of hydrogen-bond donors (Lipinski definition) is 1. The molecular weight excluding hydrogens is 283 g/mol. The third-order valence-corrected chi connectivity index (χ3v) is 4.36. The Bertz CT molecular complexity index is 720. The van der Waals surface area contributed by atoms with Crippen molar-refractivity contribution in [1.29, 1.82) is 0 Å². The molecule has 0 radical (unpaired) electrons. The second-order valence-electron chi connectivity index (χ2n) is 4.80. The second-order valence-corrected chi connectivity index (χ2v) is 6.06. The molecule has 0 aliphatic rings. The highest BCUT2D eigenvalue weighted by Crippen LogP contribution is 2.33. The molecule has 0 unspecified atom stereocenters. The Morgan fingerprint density at radius 2 is 2.00 bits per heavy atom. The predicted octanol–water partition coefficient (Wildman–Crippen LogP) is 4.87. The molecule has 2 heterocycles. The van der Waals surface area contributed by atoms with Crippen LogP contribution in [0.1, 0.15) is 10.4 Å². The van der Waals surface area contributed by atoms with Crippen LogP contribution in [0.25, 0.3) is 10.4 Å². The molecule has 2 aromatic heterocycles. The van der Waals surface area contributed by atoms with E-state index in [0.29, 0.717) is 6.54 Å². The molecule has 0 spiro atoms. The molecule has 0 saturated carbocycles. The number of nitrogens with one attached hydrogen (secondary N) is 1. The van der Waals surface area contributed by atoms with Gasteiger partial charge in [0.1, 0.15) is 5.82 Å². The van der Waals surface area contributed by atoms with E-state index in [1.807, 2.05) is 12.3 Å². The highest BCUT2D eigenvalue weighted by molar-refractivity contribution is 7.16. The van der Waals surface area contributed by atoms with Crippen molar-refractivity contribution in [2.45, 2.75) is 13.5 Å². The van der Waals surface area contributed by atoms with Gasteiger partial charge in [-0.25, -0.2) is 4.39 Å². The Morgan fingerprint density at radius 1 is 1.19 bits per heavy atom. The van der Waals surface area contributed by atoms with E-state index in [1.54, 1.807) is 29.7 Å². The lowest BCUT2D eigenvalue weighted by atomic mass is 10.2. The molecule has 0 bridgehead atoms. The van der Waals surface area contributed by atoms with Gasteiger partial charge in [0.05, 0.1) is 0 Å². The number of thiophene rings is 1. The van der Waals surface area contributed by atoms with Gasteiger partial charge in [0.15, 0.2) is 0 Å². The summed E-state index contributed by atoms with van der Waals surface area (Å²) in [6.45, 7) is 2.78. The van der Waals surface area contributed by atoms with Crippen LogP contribution in [0.4, 0.5) is 10.1 Å². The standard InChI is InChI=1S/C17H15FN2S/c1-12-16(20-10-13-4-6-15(18)7-5-13)9-17(21-12)14-3-2-8-19-11-14/h2-9,11,20H,10H2,1H3. The first-order chi connectivity index (χ1) is 10.2. The van der Waals surface area contributed by atoms with E-state index >= 15 is 0 Å². The Kier molecular flexibility index (Phi) is 3.97. The summed E-state index contributed by atoms with van der Waals surface area (Å²) in [5.41, 5.74) is 3.30. The molecule has 21 heavy (non-hydrogen) atoms. The minimum atomic E-state index is -0.204. The summed E-state index contributed by atoms with van der Waals surface area (Å²) >= 11 is 1.74. The number of halogens is 1. The van der Waals surface area contributed by atoms with Crippen LogP contribution in [0.3, 0.4) is 0 Å². The predicted molar refractivity (Wildman–Crippen MR) is 86.0 cm³/mol. The van der Waals surface area contributed by atoms with Gasteiger partial charge in [-0.1, -0.05) is 18.2 Å². The number of hydrogen-bond acceptors (Lipinski definition) is 3. The van der Waals surface area contributed by atoms with Gasteiger partial charge in [-0.05, 0) is 36.8 Å². The maximum Gasteiger partial charge on any atom is 0.123 e. The molecule has 0 aliphatic carbocycles. The van der Waals surface area contributed by atoms with Crippen LogP contribution in [0, 0.1) is 12.7 Å². The molecule has 0 fully saturated rings. The smallest absolute Gasteiger partial charge is 0.123 e. The van der Waals surface area contributed by atoms with Crippen LogP contribution in [-0.2, 0) is 6.54 Å². The Balaban J connectivity index is 1.74. The number of anilines is 1. The quantitative estimate of drug-likeness (QED) is 0.743. The largest absolute Gasteiger partial charge is 0.380 e. The van der Waals surface area contributed by atoms with Crippen molar-refractivity contribution in [3.05, 3.63) is 71.1 Å². The number of aryl methyl sites for hydroxylation is 1. The second kappa shape index (κ2) is 6.06. The average Bonchev–Trinajstić information content (AvgIpc) is 2.89. The fourth-order valence-corrected chi connectivity index (χ4v) is 3.09. The van der Waals surface area contributed by atoms with Gasteiger partial charge < -0.3 is 5.32 Å². The van der Waals surface area contributed by atoms with Crippen molar-refractivity contribution in [3.63, 3.8) is 0 Å². The van der Waals surface area contributed by atoms with Crippen LogP contribution < -0.4 is 5.32 Å². The molecule has 4 heteroatoms. The molecule has 106 valence electrons. The third-order valence-electron chi connectivity index (χ3n) is 3.26. The molecule has 3 aromatic rings. The van der Waals surface area contributed by atoms with Gasteiger partial charge >= 0.3 is 0 Å². The van der Waals surface area contributed by atoms with Crippen molar-refractivity contribution >= 4 is 17.0 Å². The molecule has 0 saturated heterocycles. The van der Waals surface area contributed by atoms with Crippen LogP contribution in [-0.4, -0.2) is 4.98 Å². The first-order valence-electron chi connectivity index (χ1n) is 6.71. The fourth-order valence-electron chi connectivity index (χ4n) is 2.11. The van der Waals surface area contributed by atoms with E-state index < -0.39 is 0 Å². The molecule has 1 aromatic carbocycles. The summed E-state index contributed by atoms with van der Waals surface area (Å²) in [4.78, 5) is 6.58. The topological polar surface area (TPSA) is 24.9 Å². The van der Waals surface area contributed by atoms with Crippen LogP contribution in [0.5, 0.6) is 0 Å². The molecule has 3 rings (SSSR count). The van der Waals surface area contributed by atoms with Crippen molar-refractivity contribution in [2.24, 2.45) is 0 Å². The van der Waals surface area contributed by atoms with Crippen molar-refractivity contribution in [3.8, 4) is 10.4 Å². The van der Waals surface area contributed by atoms with E-state index in [9.17, 15) is 4.39 Å². The maximum atomic E-state index is 12.9. The molecule has 0 amide bonds. The normalized spacial score (nSPS) is 10.6. The summed E-state index contributed by atoms with van der Waals surface area (Å²) in [5.74, 6) is -0.204. The number of pyridine rings is 1. The van der Waals surface area contributed by atoms with Gasteiger partial charge in [0.2, 0.25) is 0 Å². The van der Waals surface area contributed by atoms with E-state index in [0.717, 1.165) is 16.8 Å². The third kappa shape index (κ3) is 3.28. The fraction of sp³-hybridized carbons (Fsp3) is 0.118. The molecular formula is C17H15FN2S. The van der Waals surface area contributed by atoms with E-state index in [4.69, 9.17) is 0 Å². The maximum absolute atomic E-state index is 12.9. The Morgan fingerprint density at radius 3 is 2.71 bits per heavy atom. The van der Waals surface area contributed by atoms with E-state index in [-0.39, 0.29) is 5.82 Å². The number of benzene rings is 1. The first kappa shape index (κ1) is 13.8. The van der Waals surface area contributed by atoms with E-state index in [1.165, 1.54) is 21.9 Å². The highest BCUT2D eigenvalue weighted by atomic mass is 32.1. The zero-order valence-electron chi connectivity index (χ0n) is 11.6. The lowest BCUT2D eigenvalue weighted by Gasteiger charge is -2.05. The number of rotatable bonds is 4. The summed E-state index contributed by atoms with van der Waals surface area (Å²) in [6, 6.07) is 12.7. The van der Waals surface area contributed by atoms with Crippen LogP contribution >= 0.6 is 11.3 Å². The summed E-state index contributed by atoms with van der Waals surface area (Å²) in [5, 5.41) is 3.41. The van der Waals surface area contributed by atoms with Gasteiger partial charge in [-0.15, -0.1) is 11.3 Å². The van der Waals surface area contributed by atoms with Crippen molar-refractivity contribution in [2.75, 3.05) is 5.32 Å². The minimum Gasteiger partial charge on any atom is -0.380 e. The molecule has 0 aliphatic heterocycles. The van der Waals surface area contributed by atoms with Gasteiger partial charge in [-0.3, -0.25) is 4.98 Å². The van der Waals surface area contributed by atoms with E-state index in [2.05, 4.69) is 29.4 Å². The first-order valence-corrected chi connectivity index (χ1v) is 7.53. The van der Waals surface area contributed by atoms with Gasteiger partial charge in [0, 0.05) is 39.9 Å². The highest BCUT2D eigenvalue weighted by Gasteiger charge is 2.07. The average molecular weight is 298 g/mol. The van der Waals surface area contributed by atoms with Gasteiger partial charge in [0.25, 0.3) is 0 Å². The van der Waals surface area contributed by atoms with Gasteiger partial charge in [-0.2, -0.15) is 0 Å². The monoisotopic (exact) mass is 298 g/mol. The summed E-state index contributed by atoms with van der Waals surface area (Å²) in [7, 11) is 0. The lowest BCUT2D eigenvalue weighted by molar-refractivity contribution is 0.627. The number of aromatic nitrogens is 1. The summed E-state index contributed by atoms with van der Waals surface area (Å²) < 4.78 is 12.9. The zero-order chi connectivity index (χ0) is 14.7. The summed E-state index contributed by atoms with van der Waals surface area (Å²) in [6.07, 6.45) is 3.65. The van der Waals surface area contributed by atoms with Crippen LogP contribution in [0.2, 0.25) is 0 Å². The lowest BCUT2D eigenvalue weighted by Crippen LogP contribution is -1.99. The number of nitrogens with zero attached hydrogens (tertiary/aromatic N) is 1. The zero-order valence-corrected chi connectivity index (χ0v) is 12.5.